The molecule has 0 unspecified atom stereocenters. The van der Waals surface area contributed by atoms with Gasteiger partial charge in [0.25, 0.3) is 0 Å². The van der Waals surface area contributed by atoms with Gasteiger partial charge in [0.2, 0.25) is 11.9 Å². The number of hydrogen-bond acceptors (Lipinski definition) is 8. The summed E-state index contributed by atoms with van der Waals surface area (Å²) in [5.74, 6) is 0.249. The highest BCUT2D eigenvalue weighted by atomic mass is 32.2. The van der Waals surface area contributed by atoms with Crippen LogP contribution in [-0.2, 0) is 9.59 Å². The largest absolute Gasteiger partial charge is 0.478 e. The van der Waals surface area contributed by atoms with Crippen LogP contribution in [0.1, 0.15) is 103 Å². The summed E-state index contributed by atoms with van der Waals surface area (Å²) in [6.07, 6.45) is 11.4. The molecule has 18 heteroatoms. The molecule has 6 aromatic rings. The van der Waals surface area contributed by atoms with Gasteiger partial charge in [-0.15, -0.1) is 0 Å². The van der Waals surface area contributed by atoms with Crippen molar-refractivity contribution in [2.45, 2.75) is 113 Å². The van der Waals surface area contributed by atoms with Crippen molar-refractivity contribution >= 4 is 93.0 Å². The van der Waals surface area contributed by atoms with E-state index in [-0.39, 0.29) is 56.2 Å². The lowest BCUT2D eigenvalue weighted by atomic mass is 9.70. The maximum Gasteiger partial charge on any atom is 0.446 e. The van der Waals surface area contributed by atoms with Gasteiger partial charge in [-0.1, -0.05) is 53.7 Å². The van der Waals surface area contributed by atoms with Crippen LogP contribution in [0, 0.1) is 22.7 Å². The molecule has 0 saturated heterocycles. The van der Waals surface area contributed by atoms with Crippen molar-refractivity contribution in [2.75, 3.05) is 10.6 Å². The van der Waals surface area contributed by atoms with Gasteiger partial charge < -0.3 is 30.0 Å². The molecule has 372 valence electrons. The summed E-state index contributed by atoms with van der Waals surface area (Å²) in [4.78, 5) is 31.7. The second kappa shape index (κ2) is 20.8. The number of imidazole rings is 2. The van der Waals surface area contributed by atoms with E-state index >= 15 is 0 Å². The Morgan fingerprint density at radius 3 is 1.27 bits per heavy atom. The second-order valence-electron chi connectivity index (χ2n) is 20.0. The molecule has 2 heterocycles. The number of carbonyl (C=O) groups is 2. The number of carboxylic acid groups (broad SMARTS) is 2. The summed E-state index contributed by atoms with van der Waals surface area (Å²) >= 11 is -0.286. The highest BCUT2D eigenvalue weighted by Gasteiger charge is 2.37. The lowest BCUT2D eigenvalue weighted by Crippen LogP contribution is -2.29. The van der Waals surface area contributed by atoms with Gasteiger partial charge in [-0.05, 0) is 181 Å². The van der Waals surface area contributed by atoms with Gasteiger partial charge in [-0.25, -0.2) is 19.6 Å². The molecule has 0 bridgehead atoms. The highest BCUT2D eigenvalue weighted by Crippen LogP contribution is 2.48. The molecule has 4 atom stereocenters. The Hall–Kier alpha value is -5.88. The van der Waals surface area contributed by atoms with E-state index in [1.54, 1.807) is 24.3 Å². The number of hydrogen-bond donors (Lipinski definition) is 4. The number of halogens is 6. The van der Waals surface area contributed by atoms with Crippen LogP contribution in [0.2, 0.25) is 0 Å². The van der Waals surface area contributed by atoms with Crippen molar-refractivity contribution in [1.29, 1.82) is 0 Å². The van der Waals surface area contributed by atoms with Crippen molar-refractivity contribution < 1.29 is 46.1 Å². The van der Waals surface area contributed by atoms with Crippen LogP contribution in [0.3, 0.4) is 0 Å². The van der Waals surface area contributed by atoms with Crippen LogP contribution in [0.4, 0.5) is 49.6 Å². The third-order valence-corrected chi connectivity index (χ3v) is 13.9. The van der Waals surface area contributed by atoms with E-state index < -0.39 is 23.0 Å². The standard InChI is InChI=1S/2C26H28F3N3O2S/c2*1-16-12-19(15-25(2,3)14-16)32-22-10-4-17(5-11-23(33)34)13-21(22)31-24(32)30-18-6-8-20(9-7-18)35-26(27,28)29/h2*4-11,13,16,19H,12,14-15H2,1-3H3,(H,30,31)(H,33,34)/b2*11-5+/t2*16-,19+/m10/s1. The maximum absolute atomic E-state index is 12.7. The van der Waals surface area contributed by atoms with E-state index in [0.29, 0.717) is 35.1 Å². The number of fused-ring (bicyclic) bond motifs is 2. The second-order valence-corrected chi connectivity index (χ2v) is 22.3. The summed E-state index contributed by atoms with van der Waals surface area (Å²) in [5, 5.41) is 24.5. The number of aromatic nitrogens is 4. The van der Waals surface area contributed by atoms with Gasteiger partial charge in [-0.2, -0.15) is 26.3 Å². The van der Waals surface area contributed by atoms with Crippen molar-refractivity contribution in [2.24, 2.45) is 22.7 Å². The molecule has 10 nitrogen and oxygen atoms in total. The Bertz CT molecular complexity index is 2690. The topological polar surface area (TPSA) is 134 Å². The number of nitrogens with zero attached hydrogens (tertiary/aromatic N) is 4. The molecule has 0 radical (unpaired) electrons. The first-order chi connectivity index (χ1) is 32.8. The first-order valence-electron chi connectivity index (χ1n) is 22.9. The van der Waals surface area contributed by atoms with Gasteiger partial charge in [0.1, 0.15) is 0 Å². The number of carboxylic acids is 2. The first kappa shape index (κ1) is 52.0. The number of rotatable bonds is 12. The fourth-order valence-electron chi connectivity index (χ4n) is 10.4. The number of benzene rings is 4. The van der Waals surface area contributed by atoms with Crippen LogP contribution in [0.25, 0.3) is 34.2 Å². The monoisotopic (exact) mass is 1010 g/mol. The molecule has 4 N–H and O–H groups in total. The molecule has 0 amide bonds. The van der Waals surface area contributed by atoms with Gasteiger partial charge in [0.05, 0.1) is 22.1 Å². The molecule has 2 aromatic heterocycles. The zero-order chi connectivity index (χ0) is 50.8. The number of nitrogens with one attached hydrogen (secondary N) is 2. The predicted octanol–water partition coefficient (Wildman–Crippen LogP) is 15.8. The van der Waals surface area contributed by atoms with Crippen LogP contribution in [0.15, 0.2) is 107 Å². The van der Waals surface area contributed by atoms with E-state index in [2.05, 4.69) is 61.3 Å². The molecule has 2 fully saturated rings. The summed E-state index contributed by atoms with van der Waals surface area (Å²) in [7, 11) is 0. The van der Waals surface area contributed by atoms with Crippen LogP contribution >= 0.6 is 23.5 Å². The number of alkyl halides is 6. The Morgan fingerprint density at radius 1 is 0.600 bits per heavy atom. The van der Waals surface area contributed by atoms with Crippen LogP contribution < -0.4 is 10.6 Å². The molecule has 70 heavy (non-hydrogen) atoms. The van der Waals surface area contributed by atoms with Crippen molar-refractivity contribution in [3.05, 3.63) is 108 Å². The van der Waals surface area contributed by atoms with Gasteiger partial charge >= 0.3 is 23.0 Å². The molecule has 0 spiro atoms. The summed E-state index contributed by atoms with van der Waals surface area (Å²) in [6.45, 7) is 13.6. The highest BCUT2D eigenvalue weighted by molar-refractivity contribution is 8.00. The molecular weight excluding hydrogens is 951 g/mol. The van der Waals surface area contributed by atoms with Gasteiger partial charge in [-0.3, -0.25) is 0 Å². The molecule has 2 saturated carbocycles. The number of anilines is 4. The average Bonchev–Trinajstić information content (AvgIpc) is 3.78. The molecule has 2 aliphatic rings. The van der Waals surface area contributed by atoms with Crippen molar-refractivity contribution in [3.8, 4) is 0 Å². The normalized spacial score (nSPS) is 20.4. The lowest BCUT2D eigenvalue weighted by molar-refractivity contribution is -0.132. The minimum atomic E-state index is -4.33. The van der Waals surface area contributed by atoms with E-state index in [1.165, 1.54) is 36.4 Å². The predicted molar refractivity (Wildman–Crippen MR) is 268 cm³/mol. The SMILES string of the molecule is C[C@@H]1C[C@H](n2c(Nc3ccc(SC(F)(F)F)cc3)nc3cc(/C=C/C(=O)O)ccc32)CC(C)(C)C1.C[C@H]1C[C@@H](n2c(Nc3ccc(SC(F)(F)F)cc3)nc3cc(/C=C/C(=O)O)ccc32)CC(C)(C)C1. The lowest BCUT2D eigenvalue weighted by Gasteiger charge is -2.40. The average molecular weight is 1010 g/mol. The van der Waals surface area contributed by atoms with Gasteiger partial charge in [0.15, 0.2) is 0 Å². The first-order valence-corrected chi connectivity index (χ1v) is 24.5. The van der Waals surface area contributed by atoms with E-state index in [0.717, 1.165) is 83.9 Å². The zero-order valence-corrected chi connectivity index (χ0v) is 41.2. The van der Waals surface area contributed by atoms with E-state index in [1.807, 2.05) is 36.4 Å². The van der Waals surface area contributed by atoms with Gasteiger partial charge in [0, 0.05) is 45.4 Å². The van der Waals surface area contributed by atoms with E-state index in [4.69, 9.17) is 20.2 Å². The molecule has 0 aliphatic heterocycles. The Kier molecular flexibility index (Phi) is 15.5. The van der Waals surface area contributed by atoms with E-state index in [9.17, 15) is 35.9 Å². The van der Waals surface area contributed by atoms with Crippen molar-refractivity contribution in [1.82, 2.24) is 19.1 Å². The quantitative estimate of drug-likeness (QED) is 0.0533. The fourth-order valence-corrected chi connectivity index (χ4v) is 11.5. The Balaban J connectivity index is 0.000000206. The molecule has 4 aromatic carbocycles. The molecule has 2 aliphatic carbocycles. The van der Waals surface area contributed by atoms with Crippen LogP contribution in [0.5, 0.6) is 0 Å². The molecule has 8 rings (SSSR count). The summed E-state index contributed by atoms with van der Waals surface area (Å²) < 4.78 is 80.5. The fraction of sp³-hybridized carbons (Fsp3) is 0.385. The molecular formula is C52H56F6N6O4S2. The summed E-state index contributed by atoms with van der Waals surface area (Å²) in [6, 6.07) is 23.9. The third-order valence-electron chi connectivity index (χ3n) is 12.4. The number of thioether (sulfide) groups is 2. The third kappa shape index (κ3) is 14.1. The minimum Gasteiger partial charge on any atom is -0.478 e. The maximum atomic E-state index is 12.7. The van der Waals surface area contributed by atoms with Crippen molar-refractivity contribution in [3.63, 3.8) is 0 Å². The summed E-state index contributed by atoms with van der Waals surface area (Å²) in [5.41, 5.74) is -2.30. The smallest absolute Gasteiger partial charge is 0.446 e. The minimum absolute atomic E-state index is 0.120. The number of aliphatic carboxylic acids is 2. The Morgan fingerprint density at radius 2 is 0.957 bits per heavy atom. The van der Waals surface area contributed by atoms with Crippen LogP contribution in [-0.4, -0.2) is 52.3 Å². The Labute approximate surface area is 411 Å². The zero-order valence-electron chi connectivity index (χ0n) is 39.5.